The molecular weight excluding hydrogens is 344 g/mol. The van der Waals surface area contributed by atoms with Crippen molar-refractivity contribution in [2.75, 3.05) is 20.2 Å². The van der Waals surface area contributed by atoms with E-state index in [1.54, 1.807) is 7.05 Å². The molecule has 7 nitrogen and oxygen atoms in total. The Kier molecular flexibility index (Phi) is 6.66. The smallest absolute Gasteiger partial charge is 0.407 e. The van der Waals surface area contributed by atoms with Gasteiger partial charge < -0.3 is 25.4 Å². The molecular formula is C20H38N4O3. The second-order valence-corrected chi connectivity index (χ2v) is 9.64. The van der Waals surface area contributed by atoms with Gasteiger partial charge in [0.05, 0.1) is 12.1 Å². The first-order valence-corrected chi connectivity index (χ1v) is 10.0. The highest BCUT2D eigenvalue weighted by atomic mass is 16.6. The van der Waals surface area contributed by atoms with Gasteiger partial charge in [-0.1, -0.05) is 27.7 Å². The van der Waals surface area contributed by atoms with Crippen LogP contribution in [0.3, 0.4) is 0 Å². The number of fused-ring (bicyclic) bond motifs is 1. The molecule has 0 aromatic carbocycles. The number of aliphatic imine (C=N–C) groups is 1. The van der Waals surface area contributed by atoms with Gasteiger partial charge in [0.1, 0.15) is 5.60 Å². The minimum Gasteiger partial charge on any atom is -0.444 e. The van der Waals surface area contributed by atoms with Crippen LogP contribution >= 0.6 is 0 Å². The maximum atomic E-state index is 12.1. The largest absolute Gasteiger partial charge is 0.444 e. The lowest BCUT2D eigenvalue weighted by Crippen LogP contribution is -2.68. The minimum atomic E-state index is -0.508. The number of amides is 1. The van der Waals surface area contributed by atoms with Crippen LogP contribution in [0.15, 0.2) is 4.99 Å². The van der Waals surface area contributed by atoms with Gasteiger partial charge in [0.15, 0.2) is 5.96 Å². The number of alkyl carbamates (subject to hydrolysis) is 1. The van der Waals surface area contributed by atoms with Crippen molar-refractivity contribution in [2.24, 2.45) is 22.2 Å². The Hall–Kier alpha value is -1.50. The lowest BCUT2D eigenvalue weighted by molar-refractivity contribution is -0.106. The average Bonchev–Trinajstić information content (AvgIpc) is 2.98. The lowest BCUT2D eigenvalue weighted by atomic mass is 9.57. The molecule has 0 aromatic rings. The molecule has 0 spiro atoms. The van der Waals surface area contributed by atoms with E-state index < -0.39 is 11.7 Å². The molecule has 156 valence electrons. The normalized spacial score (nSPS) is 28.2. The van der Waals surface area contributed by atoms with E-state index in [-0.39, 0.29) is 17.4 Å². The predicted octanol–water partition coefficient (Wildman–Crippen LogP) is 2.51. The molecule has 1 aliphatic carbocycles. The Bertz CT molecular complexity index is 554. The van der Waals surface area contributed by atoms with Crippen LogP contribution < -0.4 is 16.0 Å². The fourth-order valence-corrected chi connectivity index (χ4v) is 4.08. The van der Waals surface area contributed by atoms with Crippen LogP contribution in [0.1, 0.15) is 54.9 Å². The van der Waals surface area contributed by atoms with Gasteiger partial charge in [0.2, 0.25) is 0 Å². The topological polar surface area (TPSA) is 84.0 Å². The number of hydrogen-bond acceptors (Lipinski definition) is 4. The summed E-state index contributed by atoms with van der Waals surface area (Å²) >= 11 is 0. The molecule has 0 radical (unpaired) electrons. The van der Waals surface area contributed by atoms with Crippen LogP contribution in [0.5, 0.6) is 0 Å². The number of carbonyl (C=O) groups is 1. The SMILES string of the molecule is CN=C(NCC(NC(=O)OC(C)(C)C)C(C)C)NC1C2CCOC2C1(C)C. The zero-order valence-corrected chi connectivity index (χ0v) is 18.2. The molecule has 2 aliphatic rings. The summed E-state index contributed by atoms with van der Waals surface area (Å²) in [7, 11) is 1.77. The van der Waals surface area contributed by atoms with Crippen molar-refractivity contribution >= 4 is 12.1 Å². The van der Waals surface area contributed by atoms with Crippen LogP contribution in [0.4, 0.5) is 4.79 Å². The summed E-state index contributed by atoms with van der Waals surface area (Å²) in [5, 5.41) is 9.89. The predicted molar refractivity (Wildman–Crippen MR) is 108 cm³/mol. The highest BCUT2D eigenvalue weighted by molar-refractivity contribution is 5.80. The first-order valence-electron chi connectivity index (χ1n) is 10.0. The van der Waals surface area contributed by atoms with E-state index in [1.165, 1.54) is 0 Å². The summed E-state index contributed by atoms with van der Waals surface area (Å²) in [5.41, 5.74) is -0.419. The van der Waals surface area contributed by atoms with Gasteiger partial charge in [0.25, 0.3) is 0 Å². The number of guanidine groups is 1. The summed E-state index contributed by atoms with van der Waals surface area (Å²) in [6.07, 6.45) is 1.04. The van der Waals surface area contributed by atoms with Gasteiger partial charge in [-0.2, -0.15) is 0 Å². The summed E-state index contributed by atoms with van der Waals surface area (Å²) in [4.78, 5) is 16.5. The van der Waals surface area contributed by atoms with Gasteiger partial charge in [0, 0.05) is 37.6 Å². The Morgan fingerprint density at radius 2 is 2.00 bits per heavy atom. The summed E-state index contributed by atoms with van der Waals surface area (Å²) in [6, 6.07) is 0.280. The van der Waals surface area contributed by atoms with E-state index >= 15 is 0 Å². The van der Waals surface area contributed by atoms with Crippen LogP contribution in [-0.4, -0.2) is 56.0 Å². The fraction of sp³-hybridized carbons (Fsp3) is 0.900. The molecule has 7 heteroatoms. The van der Waals surface area contributed by atoms with E-state index in [4.69, 9.17) is 9.47 Å². The third-order valence-corrected chi connectivity index (χ3v) is 5.61. The molecule has 1 aliphatic heterocycles. The maximum absolute atomic E-state index is 12.1. The Balaban J connectivity index is 1.88. The molecule has 4 atom stereocenters. The molecule has 0 aromatic heterocycles. The number of carbonyl (C=O) groups excluding carboxylic acids is 1. The highest BCUT2D eigenvalue weighted by Crippen LogP contribution is 2.52. The number of nitrogens with zero attached hydrogens (tertiary/aromatic N) is 1. The molecule has 2 rings (SSSR count). The second-order valence-electron chi connectivity index (χ2n) is 9.64. The number of nitrogens with one attached hydrogen (secondary N) is 3. The summed E-state index contributed by atoms with van der Waals surface area (Å²) in [6.45, 7) is 15.7. The van der Waals surface area contributed by atoms with Gasteiger partial charge in [-0.25, -0.2) is 4.79 Å². The lowest BCUT2D eigenvalue weighted by Gasteiger charge is -2.55. The molecule has 1 saturated heterocycles. The van der Waals surface area contributed by atoms with Crippen LogP contribution in [-0.2, 0) is 9.47 Å². The molecule has 3 N–H and O–H groups in total. The van der Waals surface area contributed by atoms with Gasteiger partial charge in [-0.05, 0) is 33.1 Å². The number of rotatable bonds is 5. The highest BCUT2D eigenvalue weighted by Gasteiger charge is 2.59. The van der Waals surface area contributed by atoms with Gasteiger partial charge in [-0.15, -0.1) is 0 Å². The van der Waals surface area contributed by atoms with Crippen molar-refractivity contribution in [3.63, 3.8) is 0 Å². The second kappa shape index (κ2) is 8.25. The summed E-state index contributed by atoms with van der Waals surface area (Å²) in [5.74, 6) is 1.56. The van der Waals surface area contributed by atoms with Crippen molar-refractivity contribution in [3.8, 4) is 0 Å². The molecule has 1 amide bonds. The molecule has 1 heterocycles. The van der Waals surface area contributed by atoms with Crippen molar-refractivity contribution in [2.45, 2.75) is 78.7 Å². The molecule has 0 bridgehead atoms. The molecule has 27 heavy (non-hydrogen) atoms. The third kappa shape index (κ3) is 5.27. The average molecular weight is 383 g/mol. The number of ether oxygens (including phenoxy) is 2. The molecule has 2 fully saturated rings. The van der Waals surface area contributed by atoms with E-state index in [2.05, 4.69) is 48.6 Å². The van der Waals surface area contributed by atoms with Gasteiger partial charge in [-0.3, -0.25) is 4.99 Å². The van der Waals surface area contributed by atoms with E-state index in [9.17, 15) is 4.79 Å². The van der Waals surface area contributed by atoms with E-state index in [1.807, 2.05) is 20.8 Å². The number of hydrogen-bond donors (Lipinski definition) is 3. The van der Waals surface area contributed by atoms with Crippen molar-refractivity contribution in [3.05, 3.63) is 0 Å². The zero-order valence-electron chi connectivity index (χ0n) is 18.2. The Morgan fingerprint density at radius 1 is 1.33 bits per heavy atom. The first-order chi connectivity index (χ1) is 12.5. The zero-order chi connectivity index (χ0) is 20.4. The Morgan fingerprint density at radius 3 is 2.56 bits per heavy atom. The van der Waals surface area contributed by atoms with Crippen molar-refractivity contribution in [1.29, 1.82) is 0 Å². The fourth-order valence-electron chi connectivity index (χ4n) is 4.08. The third-order valence-electron chi connectivity index (χ3n) is 5.61. The summed E-state index contributed by atoms with van der Waals surface area (Å²) < 4.78 is 11.2. The standard InChI is InChI=1S/C20H38N4O3/c1-12(2)14(23-18(25)27-19(3,4)5)11-22-17(21-8)24-15-13-9-10-26-16(13)20(15,6)7/h12-16H,9-11H2,1-8H3,(H,23,25)(H2,21,22,24). The maximum Gasteiger partial charge on any atom is 0.407 e. The monoisotopic (exact) mass is 382 g/mol. The Labute approximate surface area is 164 Å². The molecule has 1 saturated carbocycles. The van der Waals surface area contributed by atoms with E-state index in [0.29, 0.717) is 24.6 Å². The van der Waals surface area contributed by atoms with Crippen molar-refractivity contribution < 1.29 is 14.3 Å². The van der Waals surface area contributed by atoms with Crippen molar-refractivity contribution in [1.82, 2.24) is 16.0 Å². The van der Waals surface area contributed by atoms with Crippen LogP contribution in [0.2, 0.25) is 0 Å². The molecule has 4 unspecified atom stereocenters. The minimum absolute atomic E-state index is 0.0598. The van der Waals surface area contributed by atoms with E-state index in [0.717, 1.165) is 19.0 Å². The van der Waals surface area contributed by atoms with Crippen LogP contribution in [0.25, 0.3) is 0 Å². The first kappa shape index (κ1) is 21.8. The van der Waals surface area contributed by atoms with Gasteiger partial charge >= 0.3 is 6.09 Å². The van der Waals surface area contributed by atoms with Crippen LogP contribution in [0, 0.1) is 17.3 Å². The quantitative estimate of drug-likeness (QED) is 0.503.